The van der Waals surface area contributed by atoms with Crippen LogP contribution in [0.25, 0.3) is 22.8 Å². The molecule has 0 saturated heterocycles. The molecule has 92 valence electrons. The van der Waals surface area contributed by atoms with Crippen molar-refractivity contribution in [1.29, 1.82) is 0 Å². The summed E-state index contributed by atoms with van der Waals surface area (Å²) in [5.74, 6) is 1.41. The standard InChI is InChI=1S/C14H9IN4/c15-12-8-10(13-16-3-1-4-17-13)7-11(9-12)14-18-5-2-6-19-14/h1-9H. The van der Waals surface area contributed by atoms with Gasteiger partial charge in [0.2, 0.25) is 0 Å². The number of rotatable bonds is 2. The highest BCUT2D eigenvalue weighted by molar-refractivity contribution is 14.1. The summed E-state index contributed by atoms with van der Waals surface area (Å²) in [5, 5.41) is 0. The molecule has 0 aliphatic heterocycles. The lowest BCUT2D eigenvalue weighted by molar-refractivity contribution is 1.16. The van der Waals surface area contributed by atoms with E-state index in [-0.39, 0.29) is 0 Å². The number of benzene rings is 1. The monoisotopic (exact) mass is 360 g/mol. The Balaban J connectivity index is 2.12. The Morgan fingerprint density at radius 1 is 0.632 bits per heavy atom. The predicted molar refractivity (Wildman–Crippen MR) is 81.2 cm³/mol. The van der Waals surface area contributed by atoms with Gasteiger partial charge in [0.25, 0.3) is 0 Å². The molecular weight excluding hydrogens is 351 g/mol. The van der Waals surface area contributed by atoms with E-state index < -0.39 is 0 Å². The Morgan fingerprint density at radius 2 is 1.05 bits per heavy atom. The van der Waals surface area contributed by atoms with Gasteiger partial charge >= 0.3 is 0 Å². The third kappa shape index (κ3) is 2.76. The lowest BCUT2D eigenvalue weighted by Gasteiger charge is -2.05. The number of nitrogens with zero attached hydrogens (tertiary/aromatic N) is 4. The van der Waals surface area contributed by atoms with Gasteiger partial charge < -0.3 is 0 Å². The van der Waals surface area contributed by atoms with E-state index in [0.29, 0.717) is 11.6 Å². The molecule has 0 N–H and O–H groups in total. The Hall–Kier alpha value is -1.89. The van der Waals surface area contributed by atoms with Crippen LogP contribution in [0.15, 0.2) is 55.1 Å². The van der Waals surface area contributed by atoms with Gasteiger partial charge in [-0.15, -0.1) is 0 Å². The summed E-state index contributed by atoms with van der Waals surface area (Å²) in [4.78, 5) is 17.1. The molecule has 0 aliphatic rings. The first-order chi connectivity index (χ1) is 9.33. The fourth-order valence-electron chi connectivity index (χ4n) is 1.74. The van der Waals surface area contributed by atoms with Crippen LogP contribution in [0, 0.1) is 3.57 Å². The van der Waals surface area contributed by atoms with Crippen molar-refractivity contribution < 1.29 is 0 Å². The van der Waals surface area contributed by atoms with E-state index in [9.17, 15) is 0 Å². The minimum absolute atomic E-state index is 0.707. The first kappa shape index (κ1) is 12.2. The summed E-state index contributed by atoms with van der Waals surface area (Å²) in [6, 6.07) is 9.70. The summed E-state index contributed by atoms with van der Waals surface area (Å²) in [6.07, 6.45) is 6.95. The van der Waals surface area contributed by atoms with Crippen LogP contribution in [0.2, 0.25) is 0 Å². The van der Waals surface area contributed by atoms with E-state index in [4.69, 9.17) is 0 Å². The van der Waals surface area contributed by atoms with Crippen molar-refractivity contribution in [2.24, 2.45) is 0 Å². The number of aromatic nitrogens is 4. The van der Waals surface area contributed by atoms with Gasteiger partial charge in [0.15, 0.2) is 11.6 Å². The molecule has 4 nitrogen and oxygen atoms in total. The van der Waals surface area contributed by atoms with Crippen LogP contribution in [0.5, 0.6) is 0 Å². The molecule has 5 heteroatoms. The smallest absolute Gasteiger partial charge is 0.159 e. The zero-order valence-corrected chi connectivity index (χ0v) is 12.0. The fraction of sp³-hybridized carbons (Fsp3) is 0. The topological polar surface area (TPSA) is 51.6 Å². The van der Waals surface area contributed by atoms with Crippen molar-refractivity contribution in [2.75, 3.05) is 0 Å². The van der Waals surface area contributed by atoms with Crippen LogP contribution < -0.4 is 0 Å². The van der Waals surface area contributed by atoms with Crippen molar-refractivity contribution in [1.82, 2.24) is 19.9 Å². The molecule has 0 spiro atoms. The molecule has 19 heavy (non-hydrogen) atoms. The van der Waals surface area contributed by atoms with Crippen LogP contribution in [0.4, 0.5) is 0 Å². The molecule has 2 aromatic heterocycles. The van der Waals surface area contributed by atoms with Crippen molar-refractivity contribution >= 4 is 22.6 Å². The van der Waals surface area contributed by atoms with E-state index in [2.05, 4.69) is 42.5 Å². The second-order valence-corrected chi connectivity index (χ2v) is 5.12. The zero-order valence-electron chi connectivity index (χ0n) is 9.86. The number of hydrogen-bond acceptors (Lipinski definition) is 4. The SMILES string of the molecule is Ic1cc(-c2ncccn2)cc(-c2ncccn2)c1. The molecule has 0 saturated carbocycles. The third-order valence-electron chi connectivity index (χ3n) is 2.55. The number of hydrogen-bond donors (Lipinski definition) is 0. The first-order valence-corrected chi connectivity index (χ1v) is 6.76. The molecule has 1 aromatic carbocycles. The lowest BCUT2D eigenvalue weighted by atomic mass is 10.1. The summed E-state index contributed by atoms with van der Waals surface area (Å²) in [5.41, 5.74) is 1.94. The predicted octanol–water partition coefficient (Wildman–Crippen LogP) is 3.21. The van der Waals surface area contributed by atoms with E-state index in [1.54, 1.807) is 36.9 Å². The molecule has 0 atom stereocenters. The molecule has 2 heterocycles. The summed E-state index contributed by atoms with van der Waals surface area (Å²) in [6.45, 7) is 0. The minimum Gasteiger partial charge on any atom is -0.237 e. The maximum Gasteiger partial charge on any atom is 0.159 e. The quantitative estimate of drug-likeness (QED) is 0.659. The fourth-order valence-corrected chi connectivity index (χ4v) is 2.42. The second kappa shape index (κ2) is 5.40. The summed E-state index contributed by atoms with van der Waals surface area (Å²) in [7, 11) is 0. The molecule has 3 rings (SSSR count). The Bertz CT molecular complexity index is 629. The summed E-state index contributed by atoms with van der Waals surface area (Å²) < 4.78 is 1.10. The highest BCUT2D eigenvalue weighted by Gasteiger charge is 2.07. The van der Waals surface area contributed by atoms with Crippen LogP contribution in [0.3, 0.4) is 0 Å². The van der Waals surface area contributed by atoms with Gasteiger partial charge in [-0.05, 0) is 52.9 Å². The maximum absolute atomic E-state index is 4.27. The van der Waals surface area contributed by atoms with E-state index in [1.807, 2.05) is 18.2 Å². The van der Waals surface area contributed by atoms with Crippen LogP contribution in [0.1, 0.15) is 0 Å². The molecular formula is C14H9IN4. The molecule has 0 fully saturated rings. The molecule has 3 aromatic rings. The van der Waals surface area contributed by atoms with E-state index in [1.165, 1.54) is 0 Å². The van der Waals surface area contributed by atoms with Crippen LogP contribution in [-0.2, 0) is 0 Å². The Kier molecular flexibility index (Phi) is 3.45. The Labute approximate surface area is 124 Å². The zero-order chi connectivity index (χ0) is 13.1. The lowest BCUT2D eigenvalue weighted by Crippen LogP contribution is -1.91. The van der Waals surface area contributed by atoms with Gasteiger partial charge in [-0.1, -0.05) is 0 Å². The van der Waals surface area contributed by atoms with Gasteiger partial charge in [-0.25, -0.2) is 19.9 Å². The van der Waals surface area contributed by atoms with Crippen molar-refractivity contribution in [3.8, 4) is 22.8 Å². The van der Waals surface area contributed by atoms with Gasteiger partial charge in [0.1, 0.15) is 0 Å². The molecule has 0 aliphatic carbocycles. The van der Waals surface area contributed by atoms with Crippen LogP contribution >= 0.6 is 22.6 Å². The molecule has 0 radical (unpaired) electrons. The van der Waals surface area contributed by atoms with Gasteiger partial charge in [-0.3, -0.25) is 0 Å². The third-order valence-corrected chi connectivity index (χ3v) is 3.17. The van der Waals surface area contributed by atoms with Gasteiger partial charge in [0.05, 0.1) is 0 Å². The largest absolute Gasteiger partial charge is 0.237 e. The molecule has 0 bridgehead atoms. The van der Waals surface area contributed by atoms with Crippen molar-refractivity contribution in [2.45, 2.75) is 0 Å². The van der Waals surface area contributed by atoms with Crippen LogP contribution in [-0.4, -0.2) is 19.9 Å². The summed E-state index contributed by atoms with van der Waals surface area (Å²) >= 11 is 2.27. The molecule has 0 unspecified atom stereocenters. The first-order valence-electron chi connectivity index (χ1n) is 5.68. The average Bonchev–Trinajstić information content (AvgIpc) is 2.48. The van der Waals surface area contributed by atoms with E-state index in [0.717, 1.165) is 14.7 Å². The minimum atomic E-state index is 0.707. The Morgan fingerprint density at radius 3 is 1.47 bits per heavy atom. The van der Waals surface area contributed by atoms with Gasteiger partial charge in [-0.2, -0.15) is 0 Å². The van der Waals surface area contributed by atoms with Crippen molar-refractivity contribution in [3.05, 3.63) is 58.7 Å². The molecule has 0 amide bonds. The highest BCUT2D eigenvalue weighted by atomic mass is 127. The van der Waals surface area contributed by atoms with Gasteiger partial charge in [0, 0.05) is 39.5 Å². The highest BCUT2D eigenvalue weighted by Crippen LogP contribution is 2.24. The maximum atomic E-state index is 4.27. The number of halogens is 1. The van der Waals surface area contributed by atoms with E-state index >= 15 is 0 Å². The second-order valence-electron chi connectivity index (χ2n) is 3.87. The normalized spacial score (nSPS) is 10.4. The average molecular weight is 360 g/mol. The van der Waals surface area contributed by atoms with Crippen molar-refractivity contribution in [3.63, 3.8) is 0 Å².